The molecule has 0 radical (unpaired) electrons. The zero-order valence-electron chi connectivity index (χ0n) is 13.9. The summed E-state index contributed by atoms with van der Waals surface area (Å²) in [6, 6.07) is 10.2. The normalized spacial score (nSPS) is 17.0. The van der Waals surface area contributed by atoms with Crippen LogP contribution in [0.5, 0.6) is 5.88 Å². The number of hydrogen-bond acceptors (Lipinski definition) is 6. The van der Waals surface area contributed by atoms with Gasteiger partial charge in [0.05, 0.1) is 24.8 Å². The summed E-state index contributed by atoms with van der Waals surface area (Å²) in [5.41, 5.74) is 0.612. The summed E-state index contributed by atoms with van der Waals surface area (Å²) in [4.78, 5) is 26.5. The van der Waals surface area contributed by atoms with Gasteiger partial charge < -0.3 is 14.4 Å². The van der Waals surface area contributed by atoms with E-state index in [-0.39, 0.29) is 17.6 Å². The summed E-state index contributed by atoms with van der Waals surface area (Å²) in [6.45, 7) is 1.06. The zero-order chi connectivity index (χ0) is 17.6. The number of likely N-dealkylation sites (tertiary alicyclic amines) is 1. The monoisotopic (exact) mass is 341 g/mol. The Morgan fingerprint density at radius 2 is 1.96 bits per heavy atom. The first-order valence-corrected chi connectivity index (χ1v) is 8.10. The van der Waals surface area contributed by atoms with Gasteiger partial charge in [-0.25, -0.2) is 4.79 Å². The van der Waals surface area contributed by atoms with Crippen LogP contribution in [-0.2, 0) is 4.74 Å². The minimum Gasteiger partial charge on any atom is -0.471 e. The maximum atomic E-state index is 12.9. The average molecular weight is 341 g/mol. The molecule has 1 aromatic heterocycles. The Hall–Kier alpha value is -2.96. The van der Waals surface area contributed by atoms with Crippen molar-refractivity contribution in [3.05, 3.63) is 53.7 Å². The Morgan fingerprint density at radius 3 is 2.68 bits per heavy atom. The molecule has 1 unspecified atom stereocenters. The van der Waals surface area contributed by atoms with Crippen LogP contribution < -0.4 is 4.74 Å². The molecular formula is C18H19N3O4. The fourth-order valence-electron chi connectivity index (χ4n) is 2.87. The molecule has 1 aliphatic heterocycles. The number of aromatic nitrogens is 2. The molecule has 1 saturated heterocycles. The van der Waals surface area contributed by atoms with Gasteiger partial charge in [0.1, 0.15) is 6.10 Å². The summed E-state index contributed by atoms with van der Waals surface area (Å²) >= 11 is 0. The number of ether oxygens (including phenoxy) is 2. The Bertz CT molecular complexity index is 751. The highest BCUT2D eigenvalue weighted by atomic mass is 16.5. The highest BCUT2D eigenvalue weighted by molar-refractivity contribution is 6.05. The number of methoxy groups -OCH3 is 1. The molecule has 0 bridgehead atoms. The lowest BCUT2D eigenvalue weighted by Gasteiger charge is -2.32. The molecule has 1 aliphatic rings. The van der Waals surface area contributed by atoms with Crippen molar-refractivity contribution in [3.8, 4) is 5.88 Å². The largest absolute Gasteiger partial charge is 0.471 e. The van der Waals surface area contributed by atoms with Crippen molar-refractivity contribution < 1.29 is 19.1 Å². The van der Waals surface area contributed by atoms with Crippen LogP contribution in [0.2, 0.25) is 0 Å². The maximum Gasteiger partial charge on any atom is 0.338 e. The maximum absolute atomic E-state index is 12.9. The van der Waals surface area contributed by atoms with Gasteiger partial charge in [-0.15, -0.1) is 5.10 Å². The lowest BCUT2D eigenvalue weighted by molar-refractivity contribution is 0.0510. The summed E-state index contributed by atoms with van der Waals surface area (Å²) in [6.07, 6.45) is 3.07. The van der Waals surface area contributed by atoms with Crippen LogP contribution in [0.3, 0.4) is 0 Å². The van der Waals surface area contributed by atoms with E-state index in [4.69, 9.17) is 9.47 Å². The first-order chi connectivity index (χ1) is 12.2. The van der Waals surface area contributed by atoms with Gasteiger partial charge in [-0.05, 0) is 31.0 Å². The molecule has 1 fully saturated rings. The number of esters is 1. The Morgan fingerprint density at radius 1 is 1.16 bits per heavy atom. The molecule has 2 aromatic rings. The topological polar surface area (TPSA) is 81.6 Å². The fourth-order valence-corrected chi connectivity index (χ4v) is 2.87. The molecule has 1 atom stereocenters. The molecule has 1 amide bonds. The molecule has 7 nitrogen and oxygen atoms in total. The number of rotatable bonds is 4. The number of hydrogen-bond donors (Lipinski definition) is 0. The Kier molecular flexibility index (Phi) is 5.23. The van der Waals surface area contributed by atoms with E-state index in [2.05, 4.69) is 10.2 Å². The summed E-state index contributed by atoms with van der Waals surface area (Å²) in [5, 5.41) is 7.70. The van der Waals surface area contributed by atoms with Crippen LogP contribution in [0, 0.1) is 0 Å². The Balaban J connectivity index is 1.73. The first-order valence-electron chi connectivity index (χ1n) is 8.10. The fraction of sp³-hybridized carbons (Fsp3) is 0.333. The van der Waals surface area contributed by atoms with Crippen LogP contribution in [0.1, 0.15) is 33.6 Å². The second-order valence-corrected chi connectivity index (χ2v) is 5.73. The number of nitrogens with zero attached hydrogens (tertiary/aromatic N) is 3. The van der Waals surface area contributed by atoms with Crippen LogP contribution in [0.15, 0.2) is 42.6 Å². The van der Waals surface area contributed by atoms with E-state index in [1.807, 2.05) is 0 Å². The van der Waals surface area contributed by atoms with Crippen molar-refractivity contribution in [2.75, 3.05) is 20.2 Å². The minimum absolute atomic E-state index is 0.153. The standard InChI is InChI=1S/C18H19N3O4/c1-24-18(23)15-8-3-2-7-14(15)17(22)21-11-5-6-13(12-21)25-16-9-4-10-19-20-16/h2-4,7-10,13H,5-6,11-12H2,1H3. The van der Waals surface area contributed by atoms with E-state index in [9.17, 15) is 9.59 Å². The predicted molar refractivity (Wildman–Crippen MR) is 89.4 cm³/mol. The van der Waals surface area contributed by atoms with Crippen LogP contribution in [-0.4, -0.2) is 53.3 Å². The van der Waals surface area contributed by atoms with E-state index in [0.29, 0.717) is 24.5 Å². The zero-order valence-corrected chi connectivity index (χ0v) is 13.9. The van der Waals surface area contributed by atoms with Gasteiger partial charge in [0, 0.05) is 18.8 Å². The van der Waals surface area contributed by atoms with Crippen molar-refractivity contribution in [2.45, 2.75) is 18.9 Å². The number of carbonyl (C=O) groups is 2. The number of amides is 1. The highest BCUT2D eigenvalue weighted by Gasteiger charge is 2.28. The van der Waals surface area contributed by atoms with E-state index in [1.165, 1.54) is 7.11 Å². The van der Waals surface area contributed by atoms with Crippen LogP contribution in [0.25, 0.3) is 0 Å². The highest BCUT2D eigenvalue weighted by Crippen LogP contribution is 2.20. The van der Waals surface area contributed by atoms with Gasteiger partial charge in [-0.2, -0.15) is 5.10 Å². The molecule has 0 aliphatic carbocycles. The molecule has 3 rings (SSSR count). The van der Waals surface area contributed by atoms with Crippen molar-refractivity contribution in [1.29, 1.82) is 0 Å². The van der Waals surface area contributed by atoms with Gasteiger partial charge in [0.15, 0.2) is 0 Å². The second-order valence-electron chi connectivity index (χ2n) is 5.73. The van der Waals surface area contributed by atoms with Crippen LogP contribution >= 0.6 is 0 Å². The second kappa shape index (κ2) is 7.74. The first kappa shape index (κ1) is 16.9. The van der Waals surface area contributed by atoms with Gasteiger partial charge in [-0.1, -0.05) is 12.1 Å². The SMILES string of the molecule is COC(=O)c1ccccc1C(=O)N1CCCC(Oc2cccnn2)C1. The molecule has 0 N–H and O–H groups in total. The van der Waals surface area contributed by atoms with Crippen LogP contribution in [0.4, 0.5) is 0 Å². The molecule has 25 heavy (non-hydrogen) atoms. The summed E-state index contributed by atoms with van der Waals surface area (Å²) < 4.78 is 10.6. The number of benzene rings is 1. The third-order valence-corrected chi connectivity index (χ3v) is 4.06. The van der Waals surface area contributed by atoms with Gasteiger partial charge in [0.2, 0.25) is 5.88 Å². The lowest BCUT2D eigenvalue weighted by Crippen LogP contribution is -2.44. The third-order valence-electron chi connectivity index (χ3n) is 4.06. The summed E-state index contributed by atoms with van der Waals surface area (Å²) in [5.74, 6) is -0.279. The van der Waals surface area contributed by atoms with E-state index in [0.717, 1.165) is 12.8 Å². The summed E-state index contributed by atoms with van der Waals surface area (Å²) in [7, 11) is 1.30. The third kappa shape index (κ3) is 3.93. The number of piperidine rings is 1. The van der Waals surface area contributed by atoms with Crippen molar-refractivity contribution in [2.24, 2.45) is 0 Å². The average Bonchev–Trinajstić information content (AvgIpc) is 2.68. The molecule has 2 heterocycles. The van der Waals surface area contributed by atoms with E-state index in [1.54, 1.807) is 47.5 Å². The van der Waals surface area contributed by atoms with Gasteiger partial charge >= 0.3 is 5.97 Å². The molecular weight excluding hydrogens is 322 g/mol. The van der Waals surface area contributed by atoms with E-state index >= 15 is 0 Å². The molecule has 130 valence electrons. The molecule has 1 aromatic carbocycles. The van der Waals surface area contributed by atoms with Crippen molar-refractivity contribution >= 4 is 11.9 Å². The Labute approximate surface area is 145 Å². The quantitative estimate of drug-likeness (QED) is 0.791. The van der Waals surface area contributed by atoms with Gasteiger partial charge in [-0.3, -0.25) is 4.79 Å². The van der Waals surface area contributed by atoms with Crippen molar-refractivity contribution in [3.63, 3.8) is 0 Å². The molecule has 7 heteroatoms. The minimum atomic E-state index is -0.520. The predicted octanol–water partition coefficient (Wildman–Crippen LogP) is 1.95. The van der Waals surface area contributed by atoms with Crippen molar-refractivity contribution in [1.82, 2.24) is 15.1 Å². The smallest absolute Gasteiger partial charge is 0.338 e. The lowest BCUT2D eigenvalue weighted by atomic mass is 10.0. The van der Waals surface area contributed by atoms with Gasteiger partial charge in [0.25, 0.3) is 5.91 Å². The number of carbonyl (C=O) groups excluding carboxylic acids is 2. The van der Waals surface area contributed by atoms with E-state index < -0.39 is 5.97 Å². The molecule has 0 saturated carbocycles. The molecule has 0 spiro atoms.